The lowest BCUT2D eigenvalue weighted by Crippen LogP contribution is -1.95. The smallest absolute Gasteiger partial charge is 0.315 e. The summed E-state index contributed by atoms with van der Waals surface area (Å²) in [5.74, 6) is 1.27. The van der Waals surface area contributed by atoms with E-state index in [9.17, 15) is 4.79 Å². The molecule has 1 aliphatic heterocycles. The molecule has 3 nitrogen and oxygen atoms in total. The number of ether oxygens (including phenoxy) is 2. The molecule has 0 amide bonds. The van der Waals surface area contributed by atoms with Gasteiger partial charge in [0.15, 0.2) is 0 Å². The quantitative estimate of drug-likeness (QED) is 0.693. The van der Waals surface area contributed by atoms with Crippen molar-refractivity contribution >= 4 is 11.7 Å². The normalized spacial score (nSPS) is 14.8. The fraction of sp³-hybridized carbons (Fsp3) is 0.250. The van der Waals surface area contributed by atoms with E-state index in [4.69, 9.17) is 9.47 Å². The first-order chi connectivity index (χ1) is 7.20. The van der Waals surface area contributed by atoms with E-state index in [1.165, 1.54) is 0 Å². The standard InChI is InChI=1S/C12H12O3/c1-8-7-9(14-2)3-4-10(8)11-5-6-12(13)15-11/h3-5,7H,6H2,1-2H3. The molecule has 0 atom stereocenters. The number of cyclic esters (lactones) is 1. The number of carbonyl (C=O) groups excluding carboxylic acids is 1. The number of hydrogen-bond acceptors (Lipinski definition) is 3. The van der Waals surface area contributed by atoms with Crippen LogP contribution >= 0.6 is 0 Å². The van der Waals surface area contributed by atoms with Crippen LogP contribution in [0.1, 0.15) is 17.5 Å². The van der Waals surface area contributed by atoms with Crippen LogP contribution in [0.25, 0.3) is 5.76 Å². The molecular formula is C12H12O3. The Morgan fingerprint density at radius 2 is 2.20 bits per heavy atom. The van der Waals surface area contributed by atoms with E-state index in [0.29, 0.717) is 12.2 Å². The molecule has 3 heteroatoms. The minimum Gasteiger partial charge on any atom is -0.497 e. The number of hydrogen-bond donors (Lipinski definition) is 0. The Balaban J connectivity index is 2.33. The van der Waals surface area contributed by atoms with Crippen LogP contribution in [0.15, 0.2) is 24.3 Å². The third-order valence-electron chi connectivity index (χ3n) is 2.38. The van der Waals surface area contributed by atoms with Gasteiger partial charge in [0.1, 0.15) is 11.5 Å². The predicted molar refractivity (Wildman–Crippen MR) is 56.4 cm³/mol. The molecule has 0 N–H and O–H groups in total. The zero-order valence-corrected chi connectivity index (χ0v) is 8.74. The van der Waals surface area contributed by atoms with E-state index in [0.717, 1.165) is 16.9 Å². The third-order valence-corrected chi connectivity index (χ3v) is 2.38. The van der Waals surface area contributed by atoms with Gasteiger partial charge < -0.3 is 9.47 Å². The zero-order chi connectivity index (χ0) is 10.8. The van der Waals surface area contributed by atoms with Crippen LogP contribution in [-0.4, -0.2) is 13.1 Å². The molecule has 78 valence electrons. The van der Waals surface area contributed by atoms with Crippen LogP contribution in [0.2, 0.25) is 0 Å². The van der Waals surface area contributed by atoms with Gasteiger partial charge in [0.25, 0.3) is 0 Å². The molecule has 1 aliphatic rings. The van der Waals surface area contributed by atoms with Gasteiger partial charge in [-0.05, 0) is 36.8 Å². The van der Waals surface area contributed by atoms with Crippen LogP contribution in [0.5, 0.6) is 5.75 Å². The Morgan fingerprint density at radius 3 is 2.73 bits per heavy atom. The van der Waals surface area contributed by atoms with Gasteiger partial charge >= 0.3 is 5.97 Å². The SMILES string of the molecule is COc1ccc(C2=CCC(=O)O2)c(C)c1. The van der Waals surface area contributed by atoms with Crippen molar-refractivity contribution in [2.45, 2.75) is 13.3 Å². The summed E-state index contributed by atoms with van der Waals surface area (Å²) in [4.78, 5) is 11.0. The topological polar surface area (TPSA) is 35.5 Å². The third kappa shape index (κ3) is 1.86. The molecule has 15 heavy (non-hydrogen) atoms. The first-order valence-corrected chi connectivity index (χ1v) is 4.76. The summed E-state index contributed by atoms with van der Waals surface area (Å²) < 4.78 is 10.2. The van der Waals surface area contributed by atoms with Gasteiger partial charge in [0, 0.05) is 5.56 Å². The Bertz CT molecular complexity index is 432. The second-order valence-corrected chi connectivity index (χ2v) is 3.43. The molecule has 0 aliphatic carbocycles. The van der Waals surface area contributed by atoms with Crippen molar-refractivity contribution < 1.29 is 14.3 Å². The Labute approximate surface area is 88.3 Å². The van der Waals surface area contributed by atoms with Gasteiger partial charge in [0.05, 0.1) is 13.5 Å². The van der Waals surface area contributed by atoms with E-state index in [2.05, 4.69) is 0 Å². The van der Waals surface area contributed by atoms with E-state index in [1.54, 1.807) is 13.2 Å². The summed E-state index contributed by atoms with van der Waals surface area (Å²) in [5.41, 5.74) is 1.98. The van der Waals surface area contributed by atoms with E-state index < -0.39 is 0 Å². The van der Waals surface area contributed by atoms with Gasteiger partial charge in [-0.3, -0.25) is 4.79 Å². The minimum atomic E-state index is -0.194. The Kier molecular flexibility index (Phi) is 2.46. The lowest BCUT2D eigenvalue weighted by Gasteiger charge is -2.08. The van der Waals surface area contributed by atoms with E-state index >= 15 is 0 Å². The second kappa shape index (κ2) is 3.77. The highest BCUT2D eigenvalue weighted by Crippen LogP contribution is 2.27. The van der Waals surface area contributed by atoms with Crippen molar-refractivity contribution in [1.29, 1.82) is 0 Å². The molecule has 1 aromatic rings. The average molecular weight is 204 g/mol. The van der Waals surface area contributed by atoms with E-state index in [-0.39, 0.29) is 5.97 Å². The van der Waals surface area contributed by atoms with Gasteiger partial charge in [-0.25, -0.2) is 0 Å². The molecule has 1 aromatic carbocycles. The first kappa shape index (κ1) is 9.77. The largest absolute Gasteiger partial charge is 0.497 e. The van der Waals surface area contributed by atoms with Crippen LogP contribution in [-0.2, 0) is 9.53 Å². The molecular weight excluding hydrogens is 192 g/mol. The molecule has 0 aromatic heterocycles. The Hall–Kier alpha value is -1.77. The molecule has 0 saturated carbocycles. The van der Waals surface area contributed by atoms with Crippen molar-refractivity contribution in [3.05, 3.63) is 35.4 Å². The van der Waals surface area contributed by atoms with Gasteiger partial charge in [-0.15, -0.1) is 0 Å². The maximum Gasteiger partial charge on any atom is 0.315 e. The number of rotatable bonds is 2. The van der Waals surface area contributed by atoms with Crippen molar-refractivity contribution in [3.8, 4) is 5.75 Å². The van der Waals surface area contributed by atoms with Crippen molar-refractivity contribution in [2.24, 2.45) is 0 Å². The van der Waals surface area contributed by atoms with Crippen molar-refractivity contribution in [1.82, 2.24) is 0 Å². The molecule has 2 rings (SSSR count). The first-order valence-electron chi connectivity index (χ1n) is 4.76. The Morgan fingerprint density at radius 1 is 1.40 bits per heavy atom. The van der Waals surface area contributed by atoms with E-state index in [1.807, 2.05) is 25.1 Å². The molecule has 0 bridgehead atoms. The van der Waals surface area contributed by atoms with Crippen molar-refractivity contribution in [2.75, 3.05) is 7.11 Å². The van der Waals surface area contributed by atoms with Crippen LogP contribution in [0.4, 0.5) is 0 Å². The average Bonchev–Trinajstić information content (AvgIpc) is 2.64. The highest BCUT2D eigenvalue weighted by molar-refractivity contribution is 5.86. The summed E-state index contributed by atoms with van der Waals surface area (Å²) in [6.45, 7) is 1.96. The number of benzene rings is 1. The number of aryl methyl sites for hydroxylation is 1. The maximum atomic E-state index is 11.0. The lowest BCUT2D eigenvalue weighted by molar-refractivity contribution is -0.134. The van der Waals surface area contributed by atoms with Crippen LogP contribution in [0.3, 0.4) is 0 Å². The monoisotopic (exact) mass is 204 g/mol. The summed E-state index contributed by atoms with van der Waals surface area (Å²) in [6.07, 6.45) is 2.16. The summed E-state index contributed by atoms with van der Waals surface area (Å²) in [7, 11) is 1.63. The van der Waals surface area contributed by atoms with Gasteiger partial charge in [-0.2, -0.15) is 0 Å². The lowest BCUT2D eigenvalue weighted by atomic mass is 10.1. The maximum absolute atomic E-state index is 11.0. The fourth-order valence-electron chi connectivity index (χ4n) is 1.59. The predicted octanol–water partition coefficient (Wildman–Crippen LogP) is 2.29. The molecule has 0 saturated heterocycles. The molecule has 0 spiro atoms. The highest BCUT2D eigenvalue weighted by atomic mass is 16.5. The second-order valence-electron chi connectivity index (χ2n) is 3.43. The number of methoxy groups -OCH3 is 1. The highest BCUT2D eigenvalue weighted by Gasteiger charge is 2.17. The zero-order valence-electron chi connectivity index (χ0n) is 8.74. The molecule has 0 radical (unpaired) electrons. The fourth-order valence-corrected chi connectivity index (χ4v) is 1.59. The summed E-state index contributed by atoms with van der Waals surface area (Å²) >= 11 is 0. The summed E-state index contributed by atoms with van der Waals surface area (Å²) in [6, 6.07) is 5.68. The number of carbonyl (C=O) groups is 1. The summed E-state index contributed by atoms with van der Waals surface area (Å²) in [5, 5.41) is 0. The van der Waals surface area contributed by atoms with Crippen LogP contribution < -0.4 is 4.74 Å². The van der Waals surface area contributed by atoms with Gasteiger partial charge in [-0.1, -0.05) is 0 Å². The molecule has 1 heterocycles. The van der Waals surface area contributed by atoms with Crippen molar-refractivity contribution in [3.63, 3.8) is 0 Å². The molecule has 0 fully saturated rings. The minimum absolute atomic E-state index is 0.194. The van der Waals surface area contributed by atoms with Gasteiger partial charge in [0.2, 0.25) is 0 Å². The molecule has 0 unspecified atom stereocenters. The number of esters is 1. The van der Waals surface area contributed by atoms with Crippen LogP contribution in [0, 0.1) is 6.92 Å².